The fraction of sp³-hybridized carbons (Fsp3) is 0.786. The number of hydrogen-bond acceptors (Lipinski definition) is 4. The second kappa shape index (κ2) is 6.64. The van der Waals surface area contributed by atoms with Gasteiger partial charge in [0.25, 0.3) is 0 Å². The Hall–Kier alpha value is -0.450. The average molecular weight is 267 g/mol. The minimum absolute atomic E-state index is 0.652. The molecule has 0 aromatic carbocycles. The van der Waals surface area contributed by atoms with Crippen molar-refractivity contribution in [1.29, 1.82) is 0 Å². The van der Waals surface area contributed by atoms with Crippen LogP contribution in [0.1, 0.15) is 43.8 Å². The van der Waals surface area contributed by atoms with Gasteiger partial charge < -0.3 is 5.32 Å². The van der Waals surface area contributed by atoms with Gasteiger partial charge in [0.15, 0.2) is 0 Å². The van der Waals surface area contributed by atoms with E-state index in [2.05, 4.69) is 41.4 Å². The maximum absolute atomic E-state index is 4.60. The SMILES string of the molecule is CCCC1CN(Cc2csc(C)n2)C(C)CCN1. The van der Waals surface area contributed by atoms with E-state index < -0.39 is 0 Å². The zero-order valence-corrected chi connectivity index (χ0v) is 12.6. The van der Waals surface area contributed by atoms with Crippen LogP contribution in [0.5, 0.6) is 0 Å². The molecule has 0 saturated carbocycles. The van der Waals surface area contributed by atoms with Crippen LogP contribution in [0.4, 0.5) is 0 Å². The van der Waals surface area contributed by atoms with E-state index in [0.29, 0.717) is 12.1 Å². The minimum Gasteiger partial charge on any atom is -0.313 e. The van der Waals surface area contributed by atoms with E-state index in [0.717, 1.165) is 19.6 Å². The van der Waals surface area contributed by atoms with Gasteiger partial charge in [0.2, 0.25) is 0 Å². The van der Waals surface area contributed by atoms with Crippen LogP contribution in [0, 0.1) is 6.92 Å². The molecule has 4 heteroatoms. The van der Waals surface area contributed by atoms with E-state index in [-0.39, 0.29) is 0 Å². The van der Waals surface area contributed by atoms with Crippen LogP contribution in [0.3, 0.4) is 0 Å². The lowest BCUT2D eigenvalue weighted by Crippen LogP contribution is -2.39. The highest BCUT2D eigenvalue weighted by Gasteiger charge is 2.22. The molecule has 2 unspecified atom stereocenters. The number of nitrogens with zero attached hydrogens (tertiary/aromatic N) is 2. The first-order valence-corrected chi connectivity index (χ1v) is 7.95. The lowest BCUT2D eigenvalue weighted by atomic mass is 10.1. The fourth-order valence-corrected chi connectivity index (χ4v) is 3.26. The van der Waals surface area contributed by atoms with Gasteiger partial charge in [0.05, 0.1) is 10.7 Å². The van der Waals surface area contributed by atoms with Crippen LogP contribution in [0.25, 0.3) is 0 Å². The number of aryl methyl sites for hydroxylation is 1. The zero-order chi connectivity index (χ0) is 13.0. The van der Waals surface area contributed by atoms with Crippen LogP contribution in [-0.2, 0) is 6.54 Å². The molecule has 2 heterocycles. The number of hydrogen-bond donors (Lipinski definition) is 1. The third-order valence-electron chi connectivity index (χ3n) is 3.74. The minimum atomic E-state index is 0.652. The zero-order valence-electron chi connectivity index (χ0n) is 11.8. The summed E-state index contributed by atoms with van der Waals surface area (Å²) in [4.78, 5) is 7.19. The third-order valence-corrected chi connectivity index (χ3v) is 4.56. The molecule has 0 bridgehead atoms. The predicted molar refractivity (Wildman–Crippen MR) is 78.0 cm³/mol. The molecule has 1 aliphatic heterocycles. The highest BCUT2D eigenvalue weighted by atomic mass is 32.1. The van der Waals surface area contributed by atoms with Gasteiger partial charge in [-0.2, -0.15) is 0 Å². The molecule has 102 valence electrons. The second-order valence-corrected chi connectivity index (χ2v) is 6.43. The van der Waals surface area contributed by atoms with Crippen LogP contribution >= 0.6 is 11.3 Å². The lowest BCUT2D eigenvalue weighted by Gasteiger charge is -2.28. The summed E-state index contributed by atoms with van der Waals surface area (Å²) in [5.74, 6) is 0. The van der Waals surface area contributed by atoms with Gasteiger partial charge in [-0.25, -0.2) is 4.98 Å². The molecule has 1 N–H and O–H groups in total. The van der Waals surface area contributed by atoms with Crippen LogP contribution in [0.2, 0.25) is 0 Å². The Morgan fingerprint density at radius 2 is 2.39 bits per heavy atom. The van der Waals surface area contributed by atoms with Crippen molar-refractivity contribution in [3.05, 3.63) is 16.1 Å². The van der Waals surface area contributed by atoms with Crippen LogP contribution < -0.4 is 5.32 Å². The average Bonchev–Trinajstić information content (AvgIpc) is 2.65. The van der Waals surface area contributed by atoms with E-state index in [9.17, 15) is 0 Å². The lowest BCUT2D eigenvalue weighted by molar-refractivity contribution is 0.191. The molecule has 0 radical (unpaired) electrons. The Bertz CT molecular complexity index is 364. The van der Waals surface area contributed by atoms with Gasteiger partial charge >= 0.3 is 0 Å². The largest absolute Gasteiger partial charge is 0.313 e. The fourth-order valence-electron chi connectivity index (χ4n) is 2.66. The summed E-state index contributed by atoms with van der Waals surface area (Å²) >= 11 is 1.76. The molecule has 0 amide bonds. The Kier molecular flexibility index (Phi) is 5.15. The smallest absolute Gasteiger partial charge is 0.0897 e. The normalized spacial score (nSPS) is 26.2. The van der Waals surface area contributed by atoms with Gasteiger partial charge in [0, 0.05) is 30.6 Å². The number of nitrogens with one attached hydrogen (secondary N) is 1. The maximum atomic E-state index is 4.60. The number of aromatic nitrogens is 1. The second-order valence-electron chi connectivity index (χ2n) is 5.36. The van der Waals surface area contributed by atoms with Gasteiger partial charge in [-0.1, -0.05) is 13.3 Å². The topological polar surface area (TPSA) is 28.2 Å². The molecule has 1 saturated heterocycles. The quantitative estimate of drug-likeness (QED) is 0.909. The van der Waals surface area contributed by atoms with E-state index in [4.69, 9.17) is 0 Å². The van der Waals surface area contributed by atoms with Crippen molar-refractivity contribution < 1.29 is 0 Å². The molecule has 18 heavy (non-hydrogen) atoms. The van der Waals surface area contributed by atoms with Crippen LogP contribution in [-0.4, -0.2) is 35.1 Å². The summed E-state index contributed by atoms with van der Waals surface area (Å²) in [6, 6.07) is 1.31. The van der Waals surface area contributed by atoms with Crippen molar-refractivity contribution in [3.63, 3.8) is 0 Å². The third kappa shape index (κ3) is 3.77. The summed E-state index contributed by atoms with van der Waals surface area (Å²) < 4.78 is 0. The van der Waals surface area contributed by atoms with Gasteiger partial charge in [-0.15, -0.1) is 11.3 Å². The summed E-state index contributed by atoms with van der Waals surface area (Å²) in [6.07, 6.45) is 3.78. The Morgan fingerprint density at radius 3 is 3.06 bits per heavy atom. The molecule has 2 atom stereocenters. The van der Waals surface area contributed by atoms with Crippen molar-refractivity contribution in [1.82, 2.24) is 15.2 Å². The molecule has 1 aliphatic rings. The molecule has 3 nitrogen and oxygen atoms in total. The summed E-state index contributed by atoms with van der Waals surface area (Å²) in [7, 11) is 0. The summed E-state index contributed by atoms with van der Waals surface area (Å²) in [5, 5.41) is 7.05. The first-order valence-electron chi connectivity index (χ1n) is 7.07. The molecule has 2 rings (SSSR count). The summed E-state index contributed by atoms with van der Waals surface area (Å²) in [5.41, 5.74) is 1.24. The molecule has 1 fully saturated rings. The van der Waals surface area contributed by atoms with Gasteiger partial charge in [-0.3, -0.25) is 4.90 Å². The number of thiazole rings is 1. The van der Waals surface area contributed by atoms with Crippen molar-refractivity contribution in [2.75, 3.05) is 13.1 Å². The molecule has 0 aliphatic carbocycles. The first-order chi connectivity index (χ1) is 8.69. The van der Waals surface area contributed by atoms with E-state index in [1.165, 1.54) is 30.0 Å². The number of rotatable bonds is 4. The van der Waals surface area contributed by atoms with Crippen molar-refractivity contribution in [2.45, 2.75) is 58.7 Å². The molecule has 1 aromatic heterocycles. The van der Waals surface area contributed by atoms with Crippen LogP contribution in [0.15, 0.2) is 5.38 Å². The maximum Gasteiger partial charge on any atom is 0.0897 e. The first kappa shape index (κ1) is 14.0. The van der Waals surface area contributed by atoms with E-state index in [1.54, 1.807) is 11.3 Å². The van der Waals surface area contributed by atoms with Gasteiger partial charge in [-0.05, 0) is 33.2 Å². The molecular formula is C14H25N3S. The highest BCUT2D eigenvalue weighted by molar-refractivity contribution is 7.09. The van der Waals surface area contributed by atoms with E-state index in [1.807, 2.05) is 0 Å². The predicted octanol–water partition coefficient (Wildman–Crippen LogP) is 2.80. The molecule has 0 spiro atoms. The monoisotopic (exact) mass is 267 g/mol. The Morgan fingerprint density at radius 1 is 1.56 bits per heavy atom. The van der Waals surface area contributed by atoms with E-state index >= 15 is 0 Å². The standard InChI is InChI=1S/C14H25N3S/c1-4-5-13-8-17(11(2)6-7-15-13)9-14-10-18-12(3)16-14/h10-11,13,15H,4-9H2,1-3H3. The summed E-state index contributed by atoms with van der Waals surface area (Å²) in [6.45, 7) is 10.0. The molecule has 1 aromatic rings. The van der Waals surface area contributed by atoms with Crippen molar-refractivity contribution in [2.24, 2.45) is 0 Å². The molecular weight excluding hydrogens is 242 g/mol. The highest BCUT2D eigenvalue weighted by Crippen LogP contribution is 2.17. The Labute approximate surface area is 115 Å². The van der Waals surface area contributed by atoms with Crippen molar-refractivity contribution >= 4 is 11.3 Å². The van der Waals surface area contributed by atoms with Gasteiger partial charge in [0.1, 0.15) is 0 Å². The Balaban J connectivity index is 1.98. The van der Waals surface area contributed by atoms with Crippen molar-refractivity contribution in [3.8, 4) is 0 Å².